The van der Waals surface area contributed by atoms with Crippen LogP contribution in [0.5, 0.6) is 5.75 Å². The molecular formula is C20H23ClN2O6. The van der Waals surface area contributed by atoms with Crippen molar-refractivity contribution in [2.24, 2.45) is 0 Å². The molecule has 1 atom stereocenters. The van der Waals surface area contributed by atoms with Gasteiger partial charge in [-0.3, -0.25) is 4.79 Å². The molecule has 29 heavy (non-hydrogen) atoms. The lowest BCUT2D eigenvalue weighted by Crippen LogP contribution is -2.30. The van der Waals surface area contributed by atoms with Gasteiger partial charge in [0.2, 0.25) is 0 Å². The molecule has 156 valence electrons. The fraction of sp³-hybridized carbons (Fsp3) is 0.350. The van der Waals surface area contributed by atoms with Gasteiger partial charge in [0.05, 0.1) is 25.0 Å². The summed E-state index contributed by atoms with van der Waals surface area (Å²) in [6, 6.07) is 4.75. The number of hydrogen-bond acceptors (Lipinski definition) is 6. The number of nitrogens with one attached hydrogen (secondary N) is 2. The molecule has 1 unspecified atom stereocenters. The van der Waals surface area contributed by atoms with Crippen molar-refractivity contribution in [1.29, 1.82) is 0 Å². The maximum atomic E-state index is 12.5. The summed E-state index contributed by atoms with van der Waals surface area (Å²) in [5, 5.41) is 3.03. The highest BCUT2D eigenvalue weighted by atomic mass is 35.5. The Labute approximate surface area is 173 Å². The zero-order valence-electron chi connectivity index (χ0n) is 16.8. The summed E-state index contributed by atoms with van der Waals surface area (Å²) >= 11 is 5.95. The van der Waals surface area contributed by atoms with E-state index in [1.54, 1.807) is 32.9 Å². The van der Waals surface area contributed by atoms with Crippen LogP contribution in [0.15, 0.2) is 18.2 Å². The van der Waals surface area contributed by atoms with Gasteiger partial charge in [-0.2, -0.15) is 0 Å². The quantitative estimate of drug-likeness (QED) is 0.659. The van der Waals surface area contributed by atoms with Crippen LogP contribution in [0.2, 0.25) is 5.02 Å². The van der Waals surface area contributed by atoms with Crippen LogP contribution in [0, 0.1) is 13.8 Å². The summed E-state index contributed by atoms with van der Waals surface area (Å²) in [5.41, 5.74) is 1.60. The molecule has 0 bridgehead atoms. The third-order valence-electron chi connectivity index (χ3n) is 4.19. The fourth-order valence-electron chi connectivity index (χ4n) is 2.75. The number of ether oxygens (including phenoxy) is 3. The van der Waals surface area contributed by atoms with Gasteiger partial charge in [0.25, 0.3) is 5.91 Å². The molecule has 2 rings (SSSR count). The van der Waals surface area contributed by atoms with Gasteiger partial charge < -0.3 is 24.5 Å². The van der Waals surface area contributed by atoms with Crippen LogP contribution < -0.4 is 10.1 Å². The second-order valence-corrected chi connectivity index (χ2v) is 6.66. The monoisotopic (exact) mass is 422 g/mol. The number of halogens is 1. The van der Waals surface area contributed by atoms with Gasteiger partial charge in [0, 0.05) is 10.7 Å². The Bertz CT molecular complexity index is 937. The van der Waals surface area contributed by atoms with Crippen molar-refractivity contribution < 1.29 is 28.6 Å². The van der Waals surface area contributed by atoms with Crippen molar-refractivity contribution in [3.05, 3.63) is 45.7 Å². The van der Waals surface area contributed by atoms with Crippen LogP contribution in [0.3, 0.4) is 0 Å². The molecule has 1 aromatic carbocycles. The van der Waals surface area contributed by atoms with E-state index >= 15 is 0 Å². The molecule has 0 aliphatic heterocycles. The average molecular weight is 423 g/mol. The van der Waals surface area contributed by atoms with E-state index < -0.39 is 23.9 Å². The first-order valence-corrected chi connectivity index (χ1v) is 9.29. The first kappa shape index (κ1) is 22.3. The molecule has 2 N–H and O–H groups in total. The number of hydrogen-bond donors (Lipinski definition) is 2. The van der Waals surface area contributed by atoms with Crippen LogP contribution in [0.4, 0.5) is 5.69 Å². The summed E-state index contributed by atoms with van der Waals surface area (Å²) < 4.78 is 15.4. The summed E-state index contributed by atoms with van der Waals surface area (Å²) in [6.45, 7) is 6.60. The molecule has 0 saturated carbocycles. The first-order valence-electron chi connectivity index (χ1n) is 8.91. The molecule has 0 saturated heterocycles. The molecular weight excluding hydrogens is 400 g/mol. The molecule has 0 aliphatic rings. The molecule has 1 heterocycles. The number of H-pyrrole nitrogens is 1. The van der Waals surface area contributed by atoms with E-state index in [-0.39, 0.29) is 17.9 Å². The van der Waals surface area contributed by atoms with Gasteiger partial charge in [-0.25, -0.2) is 9.59 Å². The SMILES string of the molecule is CCOC(=O)c1c(C)[nH]c(C(=O)OC(C)C(=O)Nc2cc(Cl)ccc2OC)c1C. The van der Waals surface area contributed by atoms with Gasteiger partial charge in [-0.15, -0.1) is 0 Å². The van der Waals surface area contributed by atoms with Crippen molar-refractivity contribution in [3.8, 4) is 5.75 Å². The van der Waals surface area contributed by atoms with E-state index in [9.17, 15) is 14.4 Å². The Kier molecular flexibility index (Phi) is 7.28. The maximum absolute atomic E-state index is 12.5. The molecule has 8 nitrogen and oxygen atoms in total. The number of esters is 2. The maximum Gasteiger partial charge on any atom is 0.355 e. The number of anilines is 1. The van der Waals surface area contributed by atoms with Gasteiger partial charge in [0.15, 0.2) is 6.10 Å². The molecule has 0 radical (unpaired) electrons. The van der Waals surface area contributed by atoms with Crippen molar-refractivity contribution in [2.75, 3.05) is 19.0 Å². The Balaban J connectivity index is 2.13. The minimum absolute atomic E-state index is 0.0885. The first-order chi connectivity index (χ1) is 13.7. The van der Waals surface area contributed by atoms with Gasteiger partial charge in [-0.1, -0.05) is 11.6 Å². The smallest absolute Gasteiger partial charge is 0.355 e. The molecule has 0 fully saturated rings. The zero-order chi connectivity index (χ0) is 21.7. The Morgan fingerprint density at radius 1 is 1.21 bits per heavy atom. The number of benzene rings is 1. The number of methoxy groups -OCH3 is 1. The number of carbonyl (C=O) groups excluding carboxylic acids is 3. The van der Waals surface area contributed by atoms with Crippen LogP contribution in [0.1, 0.15) is 46.0 Å². The number of aromatic nitrogens is 1. The van der Waals surface area contributed by atoms with E-state index in [2.05, 4.69) is 10.3 Å². The van der Waals surface area contributed by atoms with E-state index in [4.69, 9.17) is 25.8 Å². The molecule has 9 heteroatoms. The molecule has 1 amide bonds. The summed E-state index contributed by atoms with van der Waals surface area (Å²) in [7, 11) is 1.46. The predicted octanol–water partition coefficient (Wildman–Crippen LogP) is 3.65. The Morgan fingerprint density at radius 2 is 1.90 bits per heavy atom. The van der Waals surface area contributed by atoms with Gasteiger partial charge in [0.1, 0.15) is 11.4 Å². The van der Waals surface area contributed by atoms with Crippen LogP contribution in [-0.2, 0) is 14.3 Å². The lowest BCUT2D eigenvalue weighted by molar-refractivity contribution is -0.123. The number of aryl methyl sites for hydroxylation is 1. The molecule has 0 spiro atoms. The fourth-order valence-corrected chi connectivity index (χ4v) is 2.92. The second-order valence-electron chi connectivity index (χ2n) is 6.23. The topological polar surface area (TPSA) is 107 Å². The van der Waals surface area contributed by atoms with Crippen LogP contribution in [0.25, 0.3) is 0 Å². The summed E-state index contributed by atoms with van der Waals surface area (Å²) in [6.07, 6.45) is -1.11. The van der Waals surface area contributed by atoms with Crippen molar-refractivity contribution in [3.63, 3.8) is 0 Å². The lowest BCUT2D eigenvalue weighted by atomic mass is 10.1. The second kappa shape index (κ2) is 9.47. The van der Waals surface area contributed by atoms with Crippen molar-refractivity contribution >= 4 is 35.1 Å². The number of carbonyl (C=O) groups is 3. The van der Waals surface area contributed by atoms with Crippen molar-refractivity contribution in [2.45, 2.75) is 33.8 Å². The van der Waals surface area contributed by atoms with Gasteiger partial charge in [-0.05, 0) is 51.5 Å². The van der Waals surface area contributed by atoms with Crippen molar-refractivity contribution in [1.82, 2.24) is 4.98 Å². The highest BCUT2D eigenvalue weighted by Crippen LogP contribution is 2.28. The number of aromatic amines is 1. The minimum atomic E-state index is -1.11. The third-order valence-corrected chi connectivity index (χ3v) is 4.43. The highest BCUT2D eigenvalue weighted by Gasteiger charge is 2.26. The molecule has 2 aromatic rings. The van der Waals surface area contributed by atoms with E-state index in [0.29, 0.717) is 27.7 Å². The number of rotatable bonds is 7. The normalized spacial score (nSPS) is 11.5. The summed E-state index contributed by atoms with van der Waals surface area (Å²) in [5.74, 6) is -1.44. The number of amides is 1. The molecule has 1 aromatic heterocycles. The van der Waals surface area contributed by atoms with E-state index in [1.807, 2.05) is 0 Å². The minimum Gasteiger partial charge on any atom is -0.495 e. The Hall–Kier alpha value is -3.00. The van der Waals surface area contributed by atoms with E-state index in [1.165, 1.54) is 20.1 Å². The third kappa shape index (κ3) is 5.08. The highest BCUT2D eigenvalue weighted by molar-refractivity contribution is 6.31. The predicted molar refractivity (Wildman–Crippen MR) is 108 cm³/mol. The largest absolute Gasteiger partial charge is 0.495 e. The Morgan fingerprint density at radius 3 is 2.52 bits per heavy atom. The summed E-state index contributed by atoms with van der Waals surface area (Å²) in [4.78, 5) is 39.9. The van der Waals surface area contributed by atoms with Crippen LogP contribution >= 0.6 is 11.6 Å². The van der Waals surface area contributed by atoms with Crippen LogP contribution in [-0.4, -0.2) is 42.7 Å². The standard InChI is InChI=1S/C20H23ClN2O6/c1-6-28-19(25)16-10(2)17(22-11(16)3)20(26)29-12(4)18(24)23-14-9-13(21)7-8-15(14)27-5/h7-9,12,22H,6H2,1-5H3,(H,23,24). The zero-order valence-corrected chi connectivity index (χ0v) is 17.6. The van der Waals surface area contributed by atoms with E-state index in [0.717, 1.165) is 0 Å². The van der Waals surface area contributed by atoms with Gasteiger partial charge >= 0.3 is 11.9 Å². The average Bonchev–Trinajstić information content (AvgIpc) is 2.96. The molecule has 0 aliphatic carbocycles. The lowest BCUT2D eigenvalue weighted by Gasteiger charge is -2.15.